The molecule has 1 heterocycles. The molecule has 0 bridgehead atoms. The monoisotopic (exact) mass is 291 g/mol. The van der Waals surface area contributed by atoms with Gasteiger partial charge in [-0.2, -0.15) is 4.98 Å². The van der Waals surface area contributed by atoms with E-state index in [1.807, 2.05) is 25.1 Å². The molecule has 6 heteroatoms. The van der Waals surface area contributed by atoms with Crippen molar-refractivity contribution >= 4 is 17.7 Å². The maximum absolute atomic E-state index is 11.9. The summed E-state index contributed by atoms with van der Waals surface area (Å²) in [6.45, 7) is 0.586. The van der Waals surface area contributed by atoms with Gasteiger partial charge in [-0.25, -0.2) is 4.98 Å². The van der Waals surface area contributed by atoms with Gasteiger partial charge in [0.15, 0.2) is 0 Å². The van der Waals surface area contributed by atoms with Crippen molar-refractivity contribution in [1.82, 2.24) is 15.3 Å². The number of carbonyl (C=O) groups is 1. The number of carbonyl (C=O) groups excluding carboxylic acids is 1. The Morgan fingerprint density at radius 1 is 1.33 bits per heavy atom. The first-order valence-electron chi connectivity index (χ1n) is 7.69. The number of hydrogen-bond donors (Lipinski definition) is 2. The van der Waals surface area contributed by atoms with Crippen LogP contribution in [0.25, 0.3) is 0 Å². The van der Waals surface area contributed by atoms with Crippen molar-refractivity contribution in [3.8, 4) is 0 Å². The zero-order chi connectivity index (χ0) is 15.1. The molecule has 2 N–H and O–H groups in total. The van der Waals surface area contributed by atoms with Gasteiger partial charge in [0, 0.05) is 39.3 Å². The van der Waals surface area contributed by atoms with E-state index in [1.54, 1.807) is 6.20 Å². The molecular formula is C15H25N5O. The van der Waals surface area contributed by atoms with Gasteiger partial charge in [0.2, 0.25) is 11.9 Å². The Labute approximate surface area is 126 Å². The summed E-state index contributed by atoms with van der Waals surface area (Å²) in [5, 5.41) is 6.28. The minimum atomic E-state index is 0.122. The molecule has 1 aliphatic rings. The summed E-state index contributed by atoms with van der Waals surface area (Å²) in [6, 6.07) is 2.19. The van der Waals surface area contributed by atoms with Gasteiger partial charge in [-0.15, -0.1) is 0 Å². The molecule has 6 nitrogen and oxygen atoms in total. The minimum absolute atomic E-state index is 0.122. The van der Waals surface area contributed by atoms with E-state index in [9.17, 15) is 4.79 Å². The summed E-state index contributed by atoms with van der Waals surface area (Å²) < 4.78 is 0. The first-order valence-corrected chi connectivity index (χ1v) is 7.69. The lowest BCUT2D eigenvalue weighted by Crippen LogP contribution is -2.36. The molecular weight excluding hydrogens is 266 g/mol. The summed E-state index contributed by atoms with van der Waals surface area (Å²) in [5.41, 5.74) is 0. The van der Waals surface area contributed by atoms with Crippen LogP contribution >= 0.6 is 0 Å². The Hall–Kier alpha value is -1.85. The van der Waals surface area contributed by atoms with E-state index in [0.717, 1.165) is 18.7 Å². The van der Waals surface area contributed by atoms with Gasteiger partial charge < -0.3 is 15.5 Å². The van der Waals surface area contributed by atoms with Crippen LogP contribution in [0.3, 0.4) is 0 Å². The summed E-state index contributed by atoms with van der Waals surface area (Å²) in [7, 11) is 3.80. The molecule has 2 rings (SSSR count). The molecule has 0 saturated heterocycles. The fourth-order valence-corrected chi connectivity index (χ4v) is 2.51. The molecule has 1 fully saturated rings. The van der Waals surface area contributed by atoms with Gasteiger partial charge in [0.25, 0.3) is 0 Å². The number of amides is 1. The fourth-order valence-electron chi connectivity index (χ4n) is 2.51. The molecule has 0 unspecified atom stereocenters. The first-order chi connectivity index (χ1) is 10.1. The SMILES string of the molecule is CN(C)c1nccc(NCCC(=O)NC2CCCCC2)n1. The molecule has 0 aromatic carbocycles. The first kappa shape index (κ1) is 15.5. The van der Waals surface area contributed by atoms with Crippen molar-refractivity contribution in [2.75, 3.05) is 30.9 Å². The molecule has 1 aromatic rings. The Morgan fingerprint density at radius 2 is 2.10 bits per heavy atom. The highest BCUT2D eigenvalue weighted by Gasteiger charge is 2.15. The van der Waals surface area contributed by atoms with Crippen LogP contribution in [0, 0.1) is 0 Å². The van der Waals surface area contributed by atoms with Crippen LogP contribution in [0.15, 0.2) is 12.3 Å². The normalized spacial score (nSPS) is 15.5. The van der Waals surface area contributed by atoms with Crippen molar-refractivity contribution < 1.29 is 4.79 Å². The number of rotatable bonds is 6. The van der Waals surface area contributed by atoms with E-state index in [0.29, 0.717) is 25.0 Å². The second kappa shape index (κ2) is 7.81. The smallest absolute Gasteiger partial charge is 0.226 e. The number of nitrogens with zero attached hydrogens (tertiary/aromatic N) is 3. The van der Waals surface area contributed by atoms with E-state index >= 15 is 0 Å². The van der Waals surface area contributed by atoms with E-state index in [1.165, 1.54) is 19.3 Å². The van der Waals surface area contributed by atoms with Crippen LogP contribution in [0.4, 0.5) is 11.8 Å². The maximum Gasteiger partial charge on any atom is 0.226 e. The topological polar surface area (TPSA) is 70.2 Å². The van der Waals surface area contributed by atoms with E-state index in [-0.39, 0.29) is 5.91 Å². The lowest BCUT2D eigenvalue weighted by molar-refractivity contribution is -0.121. The molecule has 1 aliphatic carbocycles. The predicted molar refractivity (Wildman–Crippen MR) is 84.5 cm³/mol. The van der Waals surface area contributed by atoms with Gasteiger partial charge in [-0.1, -0.05) is 19.3 Å². The fraction of sp³-hybridized carbons (Fsp3) is 0.667. The predicted octanol–water partition coefficient (Wildman–Crippen LogP) is 1.79. The Bertz CT molecular complexity index is 457. The molecule has 21 heavy (non-hydrogen) atoms. The number of anilines is 2. The molecule has 1 amide bonds. The van der Waals surface area contributed by atoms with Gasteiger partial charge >= 0.3 is 0 Å². The van der Waals surface area contributed by atoms with Crippen molar-refractivity contribution in [3.63, 3.8) is 0 Å². The second-order valence-corrected chi connectivity index (χ2v) is 5.72. The Balaban J connectivity index is 1.70. The van der Waals surface area contributed by atoms with Crippen molar-refractivity contribution in [2.24, 2.45) is 0 Å². The third-order valence-electron chi connectivity index (χ3n) is 3.67. The van der Waals surface area contributed by atoms with Gasteiger partial charge in [0.1, 0.15) is 5.82 Å². The molecule has 0 aliphatic heterocycles. The standard InChI is InChI=1S/C15H25N5O/c1-20(2)15-17-10-8-13(19-15)16-11-9-14(21)18-12-6-4-3-5-7-12/h8,10,12H,3-7,9,11H2,1-2H3,(H,18,21)(H,16,17,19). The highest BCUT2D eigenvalue weighted by atomic mass is 16.1. The number of hydrogen-bond acceptors (Lipinski definition) is 5. The third kappa shape index (κ3) is 5.21. The van der Waals surface area contributed by atoms with E-state index < -0.39 is 0 Å². The largest absolute Gasteiger partial charge is 0.369 e. The van der Waals surface area contributed by atoms with Crippen LogP contribution < -0.4 is 15.5 Å². The zero-order valence-electron chi connectivity index (χ0n) is 12.9. The third-order valence-corrected chi connectivity index (χ3v) is 3.67. The second-order valence-electron chi connectivity index (χ2n) is 5.72. The van der Waals surface area contributed by atoms with Crippen LogP contribution in [-0.2, 0) is 4.79 Å². The Kier molecular flexibility index (Phi) is 5.78. The molecule has 116 valence electrons. The molecule has 0 atom stereocenters. The van der Waals surface area contributed by atoms with E-state index in [4.69, 9.17) is 0 Å². The van der Waals surface area contributed by atoms with Gasteiger partial charge in [-0.3, -0.25) is 4.79 Å². The summed E-state index contributed by atoms with van der Waals surface area (Å²) in [4.78, 5) is 22.2. The molecule has 1 aromatic heterocycles. The highest BCUT2D eigenvalue weighted by Crippen LogP contribution is 2.17. The van der Waals surface area contributed by atoms with Crippen LogP contribution in [0.5, 0.6) is 0 Å². The number of nitrogens with one attached hydrogen (secondary N) is 2. The quantitative estimate of drug-likeness (QED) is 0.836. The average Bonchev–Trinajstić information content (AvgIpc) is 2.48. The lowest BCUT2D eigenvalue weighted by atomic mass is 9.95. The molecule has 0 radical (unpaired) electrons. The van der Waals surface area contributed by atoms with Gasteiger partial charge in [0.05, 0.1) is 0 Å². The van der Waals surface area contributed by atoms with E-state index in [2.05, 4.69) is 20.6 Å². The number of aromatic nitrogens is 2. The van der Waals surface area contributed by atoms with Gasteiger partial charge in [-0.05, 0) is 18.9 Å². The minimum Gasteiger partial charge on any atom is -0.369 e. The van der Waals surface area contributed by atoms with Crippen molar-refractivity contribution in [3.05, 3.63) is 12.3 Å². The lowest BCUT2D eigenvalue weighted by Gasteiger charge is -2.22. The average molecular weight is 291 g/mol. The summed E-state index contributed by atoms with van der Waals surface area (Å²) in [6.07, 6.45) is 8.20. The maximum atomic E-state index is 11.9. The molecule has 1 saturated carbocycles. The zero-order valence-corrected chi connectivity index (χ0v) is 12.9. The van der Waals surface area contributed by atoms with Crippen molar-refractivity contribution in [2.45, 2.75) is 44.6 Å². The van der Waals surface area contributed by atoms with Crippen LogP contribution in [-0.4, -0.2) is 42.6 Å². The van der Waals surface area contributed by atoms with Crippen LogP contribution in [0.1, 0.15) is 38.5 Å². The highest BCUT2D eigenvalue weighted by molar-refractivity contribution is 5.76. The van der Waals surface area contributed by atoms with Crippen molar-refractivity contribution in [1.29, 1.82) is 0 Å². The summed E-state index contributed by atoms with van der Waals surface area (Å²) in [5.74, 6) is 1.53. The molecule has 0 spiro atoms. The van der Waals surface area contributed by atoms with Crippen LogP contribution in [0.2, 0.25) is 0 Å². The summed E-state index contributed by atoms with van der Waals surface area (Å²) >= 11 is 0. The Morgan fingerprint density at radius 3 is 2.81 bits per heavy atom.